The lowest BCUT2D eigenvalue weighted by Gasteiger charge is -2.24. The van der Waals surface area contributed by atoms with Crippen LogP contribution in [0, 0.1) is 5.82 Å². The third-order valence-electron chi connectivity index (χ3n) is 3.09. The highest BCUT2D eigenvalue weighted by Crippen LogP contribution is 2.23. The third-order valence-corrected chi connectivity index (χ3v) is 3.09. The van der Waals surface area contributed by atoms with Crippen molar-refractivity contribution in [3.63, 3.8) is 0 Å². The molecule has 0 aliphatic rings. The van der Waals surface area contributed by atoms with Crippen molar-refractivity contribution in [2.45, 2.75) is 32.9 Å². The van der Waals surface area contributed by atoms with Crippen molar-refractivity contribution in [3.05, 3.63) is 24.0 Å². The van der Waals surface area contributed by atoms with Crippen LogP contribution in [-0.2, 0) is 9.53 Å². The fourth-order valence-electron chi connectivity index (χ4n) is 1.50. The summed E-state index contributed by atoms with van der Waals surface area (Å²) in [6.45, 7) is 5.59. The summed E-state index contributed by atoms with van der Waals surface area (Å²) >= 11 is 0. The summed E-state index contributed by atoms with van der Waals surface area (Å²) < 4.78 is 18.9. The van der Waals surface area contributed by atoms with E-state index in [-0.39, 0.29) is 17.8 Å². The summed E-state index contributed by atoms with van der Waals surface area (Å²) in [5.41, 5.74) is 0.931. The first-order valence-electron chi connectivity index (χ1n) is 6.22. The van der Waals surface area contributed by atoms with Crippen LogP contribution in [0.25, 0.3) is 0 Å². The van der Waals surface area contributed by atoms with E-state index in [0.29, 0.717) is 11.4 Å². The Labute approximate surface area is 113 Å². The van der Waals surface area contributed by atoms with E-state index in [0.717, 1.165) is 0 Å². The highest BCUT2D eigenvalue weighted by atomic mass is 19.1. The van der Waals surface area contributed by atoms with E-state index >= 15 is 0 Å². The minimum absolute atomic E-state index is 0.198. The van der Waals surface area contributed by atoms with E-state index in [9.17, 15) is 9.18 Å². The molecule has 1 aromatic rings. The van der Waals surface area contributed by atoms with Gasteiger partial charge in [0.15, 0.2) is 0 Å². The van der Waals surface area contributed by atoms with Crippen LogP contribution in [-0.4, -0.2) is 32.2 Å². The van der Waals surface area contributed by atoms with Crippen molar-refractivity contribution in [2.75, 3.05) is 24.4 Å². The van der Waals surface area contributed by atoms with Gasteiger partial charge < -0.3 is 15.0 Å². The van der Waals surface area contributed by atoms with Crippen LogP contribution in [0.2, 0.25) is 0 Å². The molecule has 106 valence electrons. The molecular formula is C14H21FN2O2. The van der Waals surface area contributed by atoms with Gasteiger partial charge in [-0.05, 0) is 39.0 Å². The first-order valence-corrected chi connectivity index (χ1v) is 6.22. The van der Waals surface area contributed by atoms with Gasteiger partial charge in [0.2, 0.25) is 0 Å². The van der Waals surface area contributed by atoms with Crippen molar-refractivity contribution >= 4 is 17.3 Å². The second-order valence-electron chi connectivity index (χ2n) is 4.74. The number of hydrogen-bond donors (Lipinski definition) is 1. The number of rotatable bonds is 5. The first kappa shape index (κ1) is 15.4. The summed E-state index contributed by atoms with van der Waals surface area (Å²) in [7, 11) is 3.28. The summed E-state index contributed by atoms with van der Waals surface area (Å²) in [4.78, 5) is 13.4. The molecule has 0 radical (unpaired) electrons. The Morgan fingerprint density at radius 2 is 2.00 bits per heavy atom. The van der Waals surface area contributed by atoms with Gasteiger partial charge in [0.1, 0.15) is 11.9 Å². The SMILES string of the molecule is CO[C@H](C)C(=O)Nc1ccc(N(C)C(C)C)c(F)c1. The van der Waals surface area contributed by atoms with E-state index in [2.05, 4.69) is 5.32 Å². The molecule has 0 saturated heterocycles. The van der Waals surface area contributed by atoms with E-state index in [1.165, 1.54) is 13.2 Å². The molecule has 0 bridgehead atoms. The molecule has 0 aliphatic carbocycles. The van der Waals surface area contributed by atoms with Crippen LogP contribution in [0.1, 0.15) is 20.8 Å². The van der Waals surface area contributed by atoms with Crippen LogP contribution in [0.3, 0.4) is 0 Å². The Hall–Kier alpha value is -1.62. The number of nitrogens with zero attached hydrogens (tertiary/aromatic N) is 1. The minimum atomic E-state index is -0.568. The summed E-state index contributed by atoms with van der Waals surface area (Å²) in [5.74, 6) is -0.661. The highest BCUT2D eigenvalue weighted by Gasteiger charge is 2.14. The largest absolute Gasteiger partial charge is 0.372 e. The van der Waals surface area contributed by atoms with Gasteiger partial charge in [0.25, 0.3) is 5.91 Å². The van der Waals surface area contributed by atoms with E-state index in [1.54, 1.807) is 19.1 Å². The fraction of sp³-hybridized carbons (Fsp3) is 0.500. The van der Waals surface area contributed by atoms with Crippen LogP contribution in [0.15, 0.2) is 18.2 Å². The third kappa shape index (κ3) is 3.92. The van der Waals surface area contributed by atoms with Gasteiger partial charge in [0, 0.05) is 25.9 Å². The summed E-state index contributed by atoms with van der Waals surface area (Å²) in [6.07, 6.45) is -0.568. The topological polar surface area (TPSA) is 41.6 Å². The van der Waals surface area contributed by atoms with E-state index in [4.69, 9.17) is 4.74 Å². The quantitative estimate of drug-likeness (QED) is 0.892. The van der Waals surface area contributed by atoms with Gasteiger partial charge in [-0.2, -0.15) is 0 Å². The molecule has 0 aromatic heterocycles. The molecule has 19 heavy (non-hydrogen) atoms. The number of carbonyl (C=O) groups is 1. The Bertz CT molecular complexity index is 449. The zero-order valence-electron chi connectivity index (χ0n) is 12.0. The van der Waals surface area contributed by atoms with Crippen molar-refractivity contribution in [2.24, 2.45) is 0 Å². The smallest absolute Gasteiger partial charge is 0.253 e. The number of methoxy groups -OCH3 is 1. The average molecular weight is 268 g/mol. The zero-order chi connectivity index (χ0) is 14.6. The Balaban J connectivity index is 2.85. The molecule has 1 amide bonds. The lowest BCUT2D eigenvalue weighted by Crippen LogP contribution is -2.27. The molecule has 5 heteroatoms. The number of hydrogen-bond acceptors (Lipinski definition) is 3. The number of anilines is 2. The van der Waals surface area contributed by atoms with Gasteiger partial charge in [-0.15, -0.1) is 0 Å². The Morgan fingerprint density at radius 3 is 2.47 bits per heavy atom. The van der Waals surface area contributed by atoms with Crippen LogP contribution >= 0.6 is 0 Å². The molecule has 1 atom stereocenters. The maximum atomic E-state index is 14.0. The maximum Gasteiger partial charge on any atom is 0.253 e. The van der Waals surface area contributed by atoms with Crippen molar-refractivity contribution in [1.29, 1.82) is 0 Å². The minimum Gasteiger partial charge on any atom is -0.372 e. The standard InChI is InChI=1S/C14H21FN2O2/c1-9(2)17(4)13-7-6-11(8-12(13)15)16-14(18)10(3)19-5/h6-10H,1-5H3,(H,16,18)/t10-/m1/s1. The van der Waals surface area contributed by atoms with Crippen LogP contribution in [0.4, 0.5) is 15.8 Å². The lowest BCUT2D eigenvalue weighted by molar-refractivity contribution is -0.124. The molecule has 1 rings (SSSR count). The zero-order valence-corrected chi connectivity index (χ0v) is 12.0. The number of ether oxygens (including phenoxy) is 1. The maximum absolute atomic E-state index is 14.0. The van der Waals surface area contributed by atoms with Gasteiger partial charge in [-0.25, -0.2) is 4.39 Å². The molecule has 0 heterocycles. The van der Waals surface area contributed by atoms with E-state index in [1.807, 2.05) is 25.8 Å². The van der Waals surface area contributed by atoms with Crippen molar-refractivity contribution in [1.82, 2.24) is 0 Å². The van der Waals surface area contributed by atoms with E-state index < -0.39 is 6.10 Å². The molecular weight excluding hydrogens is 247 g/mol. The monoisotopic (exact) mass is 268 g/mol. The average Bonchev–Trinajstić information content (AvgIpc) is 2.37. The number of halogens is 1. The van der Waals surface area contributed by atoms with Crippen LogP contribution < -0.4 is 10.2 Å². The predicted octanol–water partition coefficient (Wildman–Crippen LogP) is 2.64. The molecule has 4 nitrogen and oxygen atoms in total. The van der Waals surface area contributed by atoms with Gasteiger partial charge in [0.05, 0.1) is 5.69 Å². The number of nitrogens with one attached hydrogen (secondary N) is 1. The Kier molecular flexibility index (Phi) is 5.30. The summed E-state index contributed by atoms with van der Waals surface area (Å²) in [5, 5.41) is 2.61. The number of carbonyl (C=O) groups excluding carboxylic acids is 1. The summed E-state index contributed by atoms with van der Waals surface area (Å²) in [6, 6.07) is 4.84. The number of amides is 1. The van der Waals surface area contributed by atoms with Gasteiger partial charge in [-0.1, -0.05) is 0 Å². The van der Waals surface area contributed by atoms with Crippen LogP contribution in [0.5, 0.6) is 0 Å². The van der Waals surface area contributed by atoms with Crippen molar-refractivity contribution < 1.29 is 13.9 Å². The molecule has 0 saturated carbocycles. The van der Waals surface area contributed by atoms with Crippen molar-refractivity contribution in [3.8, 4) is 0 Å². The number of benzene rings is 1. The molecule has 1 N–H and O–H groups in total. The predicted molar refractivity (Wildman–Crippen MR) is 75.0 cm³/mol. The Morgan fingerprint density at radius 1 is 1.37 bits per heavy atom. The first-order chi connectivity index (χ1) is 8.86. The molecule has 0 spiro atoms. The highest BCUT2D eigenvalue weighted by molar-refractivity contribution is 5.94. The lowest BCUT2D eigenvalue weighted by atomic mass is 10.2. The van der Waals surface area contributed by atoms with Gasteiger partial charge in [-0.3, -0.25) is 4.79 Å². The molecule has 0 aliphatic heterocycles. The second kappa shape index (κ2) is 6.52. The van der Waals surface area contributed by atoms with Gasteiger partial charge >= 0.3 is 0 Å². The molecule has 1 aromatic carbocycles. The second-order valence-corrected chi connectivity index (χ2v) is 4.74. The molecule has 0 fully saturated rings. The normalized spacial score (nSPS) is 12.4. The fourth-order valence-corrected chi connectivity index (χ4v) is 1.50. The molecule has 0 unspecified atom stereocenters.